The third kappa shape index (κ3) is 3.55. The SMILES string of the molecule is CC(C)CC(=O)Cc1csc(N)n1. The van der Waals surface area contributed by atoms with Crippen molar-refractivity contribution in [1.82, 2.24) is 4.98 Å². The minimum Gasteiger partial charge on any atom is -0.375 e. The quantitative estimate of drug-likeness (QED) is 0.803. The van der Waals surface area contributed by atoms with Gasteiger partial charge in [0.05, 0.1) is 5.69 Å². The normalized spacial score (nSPS) is 10.7. The number of carbonyl (C=O) groups excluding carboxylic acids is 1. The third-order valence-electron chi connectivity index (χ3n) is 1.58. The Labute approximate surface area is 82.0 Å². The molecule has 0 atom stereocenters. The summed E-state index contributed by atoms with van der Waals surface area (Å²) >= 11 is 1.38. The summed E-state index contributed by atoms with van der Waals surface area (Å²) in [6, 6.07) is 0. The molecule has 3 nitrogen and oxygen atoms in total. The van der Waals surface area contributed by atoms with Crippen LogP contribution in [0.4, 0.5) is 5.13 Å². The largest absolute Gasteiger partial charge is 0.375 e. The van der Waals surface area contributed by atoms with Gasteiger partial charge < -0.3 is 5.73 Å². The fraction of sp³-hybridized carbons (Fsp3) is 0.556. The number of hydrogen-bond acceptors (Lipinski definition) is 4. The first-order valence-electron chi connectivity index (χ1n) is 4.29. The lowest BCUT2D eigenvalue weighted by atomic mass is 10.0. The molecule has 0 saturated heterocycles. The van der Waals surface area contributed by atoms with Crippen molar-refractivity contribution in [3.63, 3.8) is 0 Å². The van der Waals surface area contributed by atoms with E-state index in [0.717, 1.165) is 5.69 Å². The van der Waals surface area contributed by atoms with E-state index in [-0.39, 0.29) is 5.78 Å². The summed E-state index contributed by atoms with van der Waals surface area (Å²) in [5.74, 6) is 0.656. The molecule has 1 aromatic heterocycles. The Morgan fingerprint density at radius 3 is 2.85 bits per heavy atom. The molecular formula is C9H14N2OS. The molecule has 72 valence electrons. The van der Waals surface area contributed by atoms with Gasteiger partial charge in [0.25, 0.3) is 0 Å². The number of nitrogens with two attached hydrogens (primary N) is 1. The molecule has 1 heterocycles. The summed E-state index contributed by atoms with van der Waals surface area (Å²) in [4.78, 5) is 15.4. The van der Waals surface area contributed by atoms with Crippen LogP contribution in [-0.2, 0) is 11.2 Å². The van der Waals surface area contributed by atoms with Crippen molar-refractivity contribution in [3.8, 4) is 0 Å². The lowest BCUT2D eigenvalue weighted by Gasteiger charge is -2.01. The lowest BCUT2D eigenvalue weighted by molar-refractivity contribution is -0.119. The molecule has 4 heteroatoms. The first kappa shape index (κ1) is 10.2. The van der Waals surface area contributed by atoms with Gasteiger partial charge in [0.15, 0.2) is 5.13 Å². The highest BCUT2D eigenvalue weighted by molar-refractivity contribution is 7.13. The number of thiazole rings is 1. The smallest absolute Gasteiger partial charge is 0.180 e. The topological polar surface area (TPSA) is 56.0 Å². The van der Waals surface area contributed by atoms with Crippen LogP contribution in [0.1, 0.15) is 26.0 Å². The van der Waals surface area contributed by atoms with E-state index in [4.69, 9.17) is 5.73 Å². The van der Waals surface area contributed by atoms with E-state index in [9.17, 15) is 4.79 Å². The van der Waals surface area contributed by atoms with Crippen molar-refractivity contribution >= 4 is 22.3 Å². The zero-order chi connectivity index (χ0) is 9.84. The van der Waals surface area contributed by atoms with Crippen LogP contribution in [0.3, 0.4) is 0 Å². The molecule has 0 saturated carbocycles. The van der Waals surface area contributed by atoms with Crippen molar-refractivity contribution in [2.45, 2.75) is 26.7 Å². The van der Waals surface area contributed by atoms with E-state index in [1.165, 1.54) is 11.3 Å². The molecule has 0 amide bonds. The number of ketones is 1. The highest BCUT2D eigenvalue weighted by Gasteiger charge is 2.08. The van der Waals surface area contributed by atoms with Crippen LogP contribution in [-0.4, -0.2) is 10.8 Å². The Balaban J connectivity index is 2.45. The highest BCUT2D eigenvalue weighted by atomic mass is 32.1. The van der Waals surface area contributed by atoms with E-state index in [0.29, 0.717) is 23.9 Å². The Morgan fingerprint density at radius 1 is 1.69 bits per heavy atom. The third-order valence-corrected chi connectivity index (χ3v) is 2.31. The predicted octanol–water partition coefficient (Wildman–Crippen LogP) is 1.88. The second-order valence-corrected chi connectivity index (χ2v) is 4.38. The number of nitrogen functional groups attached to an aromatic ring is 1. The zero-order valence-electron chi connectivity index (χ0n) is 7.91. The molecule has 1 rings (SSSR count). The van der Waals surface area contributed by atoms with E-state index in [2.05, 4.69) is 4.98 Å². The monoisotopic (exact) mass is 198 g/mol. The Hall–Kier alpha value is -0.900. The molecule has 0 radical (unpaired) electrons. The molecule has 0 bridgehead atoms. The Kier molecular flexibility index (Phi) is 3.42. The van der Waals surface area contributed by atoms with E-state index < -0.39 is 0 Å². The van der Waals surface area contributed by atoms with Gasteiger partial charge in [-0.3, -0.25) is 4.79 Å². The number of aromatic nitrogens is 1. The summed E-state index contributed by atoms with van der Waals surface area (Å²) in [7, 11) is 0. The number of nitrogens with zero attached hydrogens (tertiary/aromatic N) is 1. The summed E-state index contributed by atoms with van der Waals surface area (Å²) in [5, 5.41) is 2.38. The van der Waals surface area contributed by atoms with Gasteiger partial charge in [-0.05, 0) is 5.92 Å². The number of rotatable bonds is 4. The fourth-order valence-electron chi connectivity index (χ4n) is 1.13. The summed E-state index contributed by atoms with van der Waals surface area (Å²) in [5.41, 5.74) is 6.25. The van der Waals surface area contributed by atoms with Crippen molar-refractivity contribution in [2.24, 2.45) is 5.92 Å². The van der Waals surface area contributed by atoms with Crippen LogP contribution >= 0.6 is 11.3 Å². The van der Waals surface area contributed by atoms with Crippen LogP contribution < -0.4 is 5.73 Å². The highest BCUT2D eigenvalue weighted by Crippen LogP contribution is 2.13. The van der Waals surface area contributed by atoms with Gasteiger partial charge in [0.2, 0.25) is 0 Å². The fourth-order valence-corrected chi connectivity index (χ4v) is 1.70. The van der Waals surface area contributed by atoms with Crippen LogP contribution in [0.25, 0.3) is 0 Å². The van der Waals surface area contributed by atoms with Crippen LogP contribution in [0, 0.1) is 5.92 Å². The van der Waals surface area contributed by atoms with Crippen LogP contribution in [0.15, 0.2) is 5.38 Å². The summed E-state index contributed by atoms with van der Waals surface area (Å²) in [6.07, 6.45) is 1.04. The second-order valence-electron chi connectivity index (χ2n) is 3.49. The van der Waals surface area contributed by atoms with Gasteiger partial charge in [-0.1, -0.05) is 13.8 Å². The first-order chi connectivity index (χ1) is 6.08. The molecule has 0 fully saturated rings. The number of hydrogen-bond donors (Lipinski definition) is 1. The van der Waals surface area contributed by atoms with E-state index >= 15 is 0 Å². The van der Waals surface area contributed by atoms with Crippen molar-refractivity contribution in [1.29, 1.82) is 0 Å². The maximum absolute atomic E-state index is 11.4. The molecule has 0 aliphatic heterocycles. The first-order valence-corrected chi connectivity index (χ1v) is 5.17. The summed E-state index contributed by atoms with van der Waals surface area (Å²) in [6.45, 7) is 4.07. The number of carbonyl (C=O) groups is 1. The average Bonchev–Trinajstić information content (AvgIpc) is 2.33. The van der Waals surface area contributed by atoms with Gasteiger partial charge in [-0.2, -0.15) is 0 Å². The number of anilines is 1. The van der Waals surface area contributed by atoms with Crippen LogP contribution in [0.5, 0.6) is 0 Å². The van der Waals surface area contributed by atoms with Gasteiger partial charge >= 0.3 is 0 Å². The standard InChI is InChI=1S/C9H14N2OS/c1-6(2)3-8(12)4-7-5-13-9(10)11-7/h5-6H,3-4H2,1-2H3,(H2,10,11). The van der Waals surface area contributed by atoms with Crippen molar-refractivity contribution < 1.29 is 4.79 Å². The molecule has 13 heavy (non-hydrogen) atoms. The molecule has 2 N–H and O–H groups in total. The van der Waals surface area contributed by atoms with E-state index in [1.54, 1.807) is 0 Å². The average molecular weight is 198 g/mol. The van der Waals surface area contributed by atoms with Gasteiger partial charge in [-0.25, -0.2) is 4.98 Å². The van der Waals surface area contributed by atoms with Crippen molar-refractivity contribution in [2.75, 3.05) is 5.73 Å². The number of Topliss-reactive ketones (excluding diaryl/α,β-unsaturated/α-hetero) is 1. The van der Waals surface area contributed by atoms with E-state index in [1.807, 2.05) is 19.2 Å². The molecule has 0 spiro atoms. The maximum Gasteiger partial charge on any atom is 0.180 e. The zero-order valence-corrected chi connectivity index (χ0v) is 8.73. The predicted molar refractivity (Wildman–Crippen MR) is 54.7 cm³/mol. The van der Waals surface area contributed by atoms with Gasteiger partial charge in [0.1, 0.15) is 5.78 Å². The van der Waals surface area contributed by atoms with Crippen LogP contribution in [0.2, 0.25) is 0 Å². The van der Waals surface area contributed by atoms with Gasteiger partial charge in [-0.15, -0.1) is 11.3 Å². The molecule has 0 unspecified atom stereocenters. The maximum atomic E-state index is 11.4. The summed E-state index contributed by atoms with van der Waals surface area (Å²) < 4.78 is 0. The minimum absolute atomic E-state index is 0.236. The van der Waals surface area contributed by atoms with Crippen molar-refractivity contribution in [3.05, 3.63) is 11.1 Å². The Morgan fingerprint density at radius 2 is 2.38 bits per heavy atom. The molecule has 0 aliphatic rings. The second kappa shape index (κ2) is 4.37. The Bertz CT molecular complexity index is 294. The lowest BCUT2D eigenvalue weighted by Crippen LogP contribution is -2.06. The molecule has 1 aromatic rings. The molecule has 0 aromatic carbocycles. The molecule has 0 aliphatic carbocycles. The molecular weight excluding hydrogens is 184 g/mol. The minimum atomic E-state index is 0.236. The van der Waals surface area contributed by atoms with Gasteiger partial charge in [0, 0.05) is 18.2 Å².